The Bertz CT molecular complexity index is 337. The molecule has 0 atom stereocenters. The summed E-state index contributed by atoms with van der Waals surface area (Å²) in [5.41, 5.74) is 2.33. The van der Waals surface area contributed by atoms with Crippen molar-refractivity contribution in [1.29, 1.82) is 0 Å². The van der Waals surface area contributed by atoms with E-state index in [1.165, 1.54) is 5.56 Å². The lowest BCUT2D eigenvalue weighted by Crippen LogP contribution is -2.21. The van der Waals surface area contributed by atoms with Gasteiger partial charge in [-0.25, -0.2) is 0 Å². The molecule has 0 aliphatic heterocycles. The highest BCUT2D eigenvalue weighted by Gasteiger charge is 2.05. The Morgan fingerprint density at radius 3 is 2.78 bits per heavy atom. The molecular weight excluding hydrogens is 230 g/mol. The van der Waals surface area contributed by atoms with Gasteiger partial charge in [0.1, 0.15) is 0 Å². The van der Waals surface area contributed by atoms with Crippen LogP contribution in [0.3, 0.4) is 0 Å². The summed E-state index contributed by atoms with van der Waals surface area (Å²) >= 11 is 0. The summed E-state index contributed by atoms with van der Waals surface area (Å²) in [4.78, 5) is 0. The van der Waals surface area contributed by atoms with E-state index in [4.69, 9.17) is 9.47 Å². The monoisotopic (exact) mass is 255 g/mol. The van der Waals surface area contributed by atoms with E-state index in [1.54, 1.807) is 7.11 Å². The molecule has 0 unspecified atom stereocenters. The number of methoxy groups -OCH3 is 1. The Morgan fingerprint density at radius 1 is 1.33 bits per heavy atom. The normalized spacial score (nSPS) is 11.4. The second kappa shape index (κ2) is 8.24. The number of aryl methyl sites for hydroxylation is 1. The molecule has 1 rings (SSSR count). The van der Waals surface area contributed by atoms with Crippen LogP contribution in [-0.4, -0.2) is 42.8 Å². The topological polar surface area (TPSA) is 48.3 Å². The number of rotatable bonds is 9. The lowest BCUT2D eigenvalue weighted by molar-refractivity contribution is 0.0654. The zero-order chi connectivity index (χ0) is 13.4. The first-order valence-corrected chi connectivity index (χ1v) is 6.46. The average molecular weight is 255 g/mol. The number of nitrogens with one attached hydrogen (secondary N) is 1. The summed E-state index contributed by atoms with van der Waals surface area (Å²) < 4.78 is 12.3. The SMILES string of the molecule is COCCOCCn1cc(CNC(C)C)c(C)n1. The van der Waals surface area contributed by atoms with Crippen molar-refractivity contribution < 1.29 is 9.47 Å². The molecular formula is C13H25N3O2. The number of nitrogens with zero attached hydrogens (tertiary/aromatic N) is 2. The zero-order valence-corrected chi connectivity index (χ0v) is 11.9. The van der Waals surface area contributed by atoms with E-state index in [0.717, 1.165) is 18.8 Å². The van der Waals surface area contributed by atoms with Gasteiger partial charge in [0.2, 0.25) is 0 Å². The zero-order valence-electron chi connectivity index (χ0n) is 11.9. The van der Waals surface area contributed by atoms with Crippen molar-refractivity contribution in [3.8, 4) is 0 Å². The van der Waals surface area contributed by atoms with Crippen molar-refractivity contribution in [3.63, 3.8) is 0 Å². The van der Waals surface area contributed by atoms with E-state index in [-0.39, 0.29) is 0 Å². The highest BCUT2D eigenvalue weighted by molar-refractivity contribution is 5.15. The molecule has 0 bridgehead atoms. The van der Waals surface area contributed by atoms with E-state index >= 15 is 0 Å². The quantitative estimate of drug-likeness (QED) is 0.677. The van der Waals surface area contributed by atoms with Crippen LogP contribution in [-0.2, 0) is 22.6 Å². The Kier molecular flexibility index (Phi) is 6.93. The minimum absolute atomic E-state index is 0.491. The van der Waals surface area contributed by atoms with E-state index < -0.39 is 0 Å². The number of hydrogen-bond donors (Lipinski definition) is 1. The Balaban J connectivity index is 2.31. The Hall–Kier alpha value is -0.910. The average Bonchev–Trinajstić information content (AvgIpc) is 2.67. The van der Waals surface area contributed by atoms with Crippen molar-refractivity contribution in [2.75, 3.05) is 26.9 Å². The molecule has 1 aromatic rings. The molecule has 5 heteroatoms. The molecule has 1 N–H and O–H groups in total. The van der Waals surface area contributed by atoms with E-state index in [2.05, 4.69) is 30.5 Å². The maximum atomic E-state index is 5.42. The fourth-order valence-electron chi connectivity index (χ4n) is 1.56. The summed E-state index contributed by atoms with van der Waals surface area (Å²) in [6, 6.07) is 0.491. The van der Waals surface area contributed by atoms with Gasteiger partial charge in [0, 0.05) is 31.5 Å². The minimum Gasteiger partial charge on any atom is -0.382 e. The number of ether oxygens (including phenoxy) is 2. The molecule has 0 aliphatic carbocycles. The first kappa shape index (κ1) is 15.1. The van der Waals surface area contributed by atoms with Gasteiger partial charge in [-0.05, 0) is 6.92 Å². The third-order valence-corrected chi connectivity index (χ3v) is 2.65. The third-order valence-electron chi connectivity index (χ3n) is 2.65. The summed E-state index contributed by atoms with van der Waals surface area (Å²) in [5.74, 6) is 0. The number of hydrogen-bond acceptors (Lipinski definition) is 4. The smallest absolute Gasteiger partial charge is 0.0701 e. The van der Waals surface area contributed by atoms with Gasteiger partial charge in [0.15, 0.2) is 0 Å². The van der Waals surface area contributed by atoms with Gasteiger partial charge in [-0.2, -0.15) is 5.10 Å². The van der Waals surface area contributed by atoms with Crippen molar-refractivity contribution in [2.45, 2.75) is 39.9 Å². The van der Waals surface area contributed by atoms with Crippen LogP contribution in [0.25, 0.3) is 0 Å². The first-order chi connectivity index (χ1) is 8.63. The van der Waals surface area contributed by atoms with Crippen LogP contribution in [0.4, 0.5) is 0 Å². The van der Waals surface area contributed by atoms with Crippen LogP contribution in [0.5, 0.6) is 0 Å². The fraction of sp³-hybridized carbons (Fsp3) is 0.769. The second-order valence-electron chi connectivity index (χ2n) is 4.64. The molecule has 0 amide bonds. The maximum absolute atomic E-state index is 5.42. The van der Waals surface area contributed by atoms with Crippen molar-refractivity contribution in [2.24, 2.45) is 0 Å². The molecule has 0 aromatic carbocycles. The molecule has 0 radical (unpaired) electrons. The van der Waals surface area contributed by atoms with Gasteiger partial charge < -0.3 is 14.8 Å². The standard InChI is InChI=1S/C13H25N3O2/c1-11(2)14-9-13-10-16(15-12(13)3)5-6-18-8-7-17-4/h10-11,14H,5-9H2,1-4H3. The highest BCUT2D eigenvalue weighted by atomic mass is 16.5. The molecule has 18 heavy (non-hydrogen) atoms. The second-order valence-corrected chi connectivity index (χ2v) is 4.64. The molecule has 0 aliphatic rings. The predicted molar refractivity (Wildman–Crippen MR) is 71.6 cm³/mol. The van der Waals surface area contributed by atoms with Crippen molar-refractivity contribution >= 4 is 0 Å². The summed E-state index contributed by atoms with van der Waals surface area (Å²) in [7, 11) is 1.67. The van der Waals surface area contributed by atoms with Crippen molar-refractivity contribution in [3.05, 3.63) is 17.5 Å². The van der Waals surface area contributed by atoms with Gasteiger partial charge in [0.05, 0.1) is 32.1 Å². The van der Waals surface area contributed by atoms with E-state index in [1.807, 2.05) is 11.6 Å². The molecule has 0 saturated carbocycles. The number of aromatic nitrogens is 2. The molecule has 0 spiro atoms. The Labute approximate surface area is 109 Å². The van der Waals surface area contributed by atoms with Crippen LogP contribution < -0.4 is 5.32 Å². The molecule has 5 nitrogen and oxygen atoms in total. The van der Waals surface area contributed by atoms with Gasteiger partial charge in [0.25, 0.3) is 0 Å². The first-order valence-electron chi connectivity index (χ1n) is 6.46. The minimum atomic E-state index is 0.491. The third kappa shape index (κ3) is 5.62. The molecule has 0 saturated heterocycles. The van der Waals surface area contributed by atoms with Gasteiger partial charge >= 0.3 is 0 Å². The Morgan fingerprint density at radius 2 is 2.11 bits per heavy atom. The van der Waals surface area contributed by atoms with Gasteiger partial charge in [-0.1, -0.05) is 13.8 Å². The van der Waals surface area contributed by atoms with Gasteiger partial charge in [-0.3, -0.25) is 4.68 Å². The largest absolute Gasteiger partial charge is 0.382 e. The van der Waals surface area contributed by atoms with E-state index in [0.29, 0.717) is 25.9 Å². The molecule has 104 valence electrons. The van der Waals surface area contributed by atoms with Crippen LogP contribution in [0.15, 0.2) is 6.20 Å². The highest BCUT2D eigenvalue weighted by Crippen LogP contribution is 2.05. The van der Waals surface area contributed by atoms with Crippen LogP contribution in [0.2, 0.25) is 0 Å². The van der Waals surface area contributed by atoms with Gasteiger partial charge in [-0.15, -0.1) is 0 Å². The molecule has 1 heterocycles. The van der Waals surface area contributed by atoms with Crippen LogP contribution in [0.1, 0.15) is 25.1 Å². The molecule has 0 fully saturated rings. The summed E-state index contributed by atoms with van der Waals surface area (Å²) in [6.45, 7) is 9.93. The lowest BCUT2D eigenvalue weighted by Gasteiger charge is -2.06. The molecule has 1 aromatic heterocycles. The summed E-state index contributed by atoms with van der Waals surface area (Å²) in [5, 5.41) is 7.87. The van der Waals surface area contributed by atoms with Crippen LogP contribution in [0, 0.1) is 6.92 Å². The lowest BCUT2D eigenvalue weighted by atomic mass is 10.2. The predicted octanol–water partition coefficient (Wildman–Crippen LogP) is 1.35. The fourth-order valence-corrected chi connectivity index (χ4v) is 1.56. The van der Waals surface area contributed by atoms with Crippen molar-refractivity contribution in [1.82, 2.24) is 15.1 Å². The van der Waals surface area contributed by atoms with E-state index in [9.17, 15) is 0 Å². The summed E-state index contributed by atoms with van der Waals surface area (Å²) in [6.07, 6.45) is 2.09. The van der Waals surface area contributed by atoms with Crippen LogP contribution >= 0.6 is 0 Å². The maximum Gasteiger partial charge on any atom is 0.0701 e.